The number of amides is 1. The van der Waals surface area contributed by atoms with E-state index in [1.807, 2.05) is 0 Å². The van der Waals surface area contributed by atoms with Gasteiger partial charge in [-0.2, -0.15) is 0 Å². The average Bonchev–Trinajstić information content (AvgIpc) is 3.30. The van der Waals surface area contributed by atoms with Crippen LogP contribution in [0.25, 0.3) is 0 Å². The van der Waals surface area contributed by atoms with Crippen LogP contribution in [0.1, 0.15) is 64.7 Å². The first-order valence-electron chi connectivity index (χ1n) is 8.71. The lowest BCUT2D eigenvalue weighted by Crippen LogP contribution is -2.47. The SMILES string of the molecule is CC1(C(=O)N(CC2CCNCC2)C2CC2)CCCCC1. The third kappa shape index (κ3) is 3.19. The van der Waals surface area contributed by atoms with Gasteiger partial charge in [0.1, 0.15) is 0 Å². The van der Waals surface area contributed by atoms with Crippen LogP contribution in [0.15, 0.2) is 0 Å². The van der Waals surface area contributed by atoms with E-state index in [4.69, 9.17) is 0 Å². The molecular weight excluding hydrogens is 248 g/mol. The fourth-order valence-corrected chi connectivity index (χ4v) is 4.02. The van der Waals surface area contributed by atoms with Gasteiger partial charge in [0.25, 0.3) is 0 Å². The molecule has 0 aromatic rings. The van der Waals surface area contributed by atoms with Gasteiger partial charge in [0.2, 0.25) is 5.91 Å². The van der Waals surface area contributed by atoms with Gasteiger partial charge in [-0.25, -0.2) is 0 Å². The fourth-order valence-electron chi connectivity index (χ4n) is 4.02. The van der Waals surface area contributed by atoms with E-state index in [-0.39, 0.29) is 5.41 Å². The third-order valence-electron chi connectivity index (χ3n) is 5.64. The van der Waals surface area contributed by atoms with Crippen molar-refractivity contribution in [1.82, 2.24) is 10.2 Å². The second-order valence-electron chi connectivity index (χ2n) is 7.50. The molecule has 0 atom stereocenters. The van der Waals surface area contributed by atoms with Crippen LogP contribution in [-0.2, 0) is 4.79 Å². The standard InChI is InChI=1S/C17H30N2O/c1-17(9-3-2-4-10-17)16(20)19(15-5-6-15)13-14-7-11-18-12-8-14/h14-15,18H,2-13H2,1H3. The molecule has 1 amide bonds. The highest BCUT2D eigenvalue weighted by molar-refractivity contribution is 5.83. The molecule has 3 nitrogen and oxygen atoms in total. The van der Waals surface area contributed by atoms with Crippen molar-refractivity contribution in [3.8, 4) is 0 Å². The van der Waals surface area contributed by atoms with Crippen molar-refractivity contribution in [2.75, 3.05) is 19.6 Å². The molecule has 1 aliphatic heterocycles. The summed E-state index contributed by atoms with van der Waals surface area (Å²) in [5.41, 5.74) is -0.0479. The molecule has 1 N–H and O–H groups in total. The minimum atomic E-state index is -0.0479. The summed E-state index contributed by atoms with van der Waals surface area (Å²) in [7, 11) is 0. The van der Waals surface area contributed by atoms with Gasteiger partial charge in [-0.05, 0) is 57.5 Å². The summed E-state index contributed by atoms with van der Waals surface area (Å²) in [6.07, 6.45) is 11.0. The lowest BCUT2D eigenvalue weighted by molar-refractivity contribution is -0.144. The maximum absolute atomic E-state index is 13.1. The van der Waals surface area contributed by atoms with Gasteiger partial charge in [-0.3, -0.25) is 4.79 Å². The number of carbonyl (C=O) groups excluding carboxylic acids is 1. The minimum absolute atomic E-state index is 0.0479. The quantitative estimate of drug-likeness (QED) is 0.857. The molecule has 0 aromatic heterocycles. The third-order valence-corrected chi connectivity index (χ3v) is 5.64. The number of nitrogens with zero attached hydrogens (tertiary/aromatic N) is 1. The summed E-state index contributed by atoms with van der Waals surface area (Å²) < 4.78 is 0. The molecule has 1 saturated heterocycles. The zero-order valence-electron chi connectivity index (χ0n) is 13.0. The Hall–Kier alpha value is -0.570. The van der Waals surface area contributed by atoms with Crippen LogP contribution >= 0.6 is 0 Å². The number of carbonyl (C=O) groups is 1. The highest BCUT2D eigenvalue weighted by Crippen LogP contribution is 2.40. The van der Waals surface area contributed by atoms with Gasteiger partial charge < -0.3 is 10.2 Å². The Morgan fingerprint density at radius 2 is 1.75 bits per heavy atom. The van der Waals surface area contributed by atoms with Gasteiger partial charge in [-0.1, -0.05) is 26.2 Å². The number of hydrogen-bond donors (Lipinski definition) is 1. The molecule has 0 bridgehead atoms. The van der Waals surface area contributed by atoms with Crippen molar-refractivity contribution >= 4 is 5.91 Å². The molecule has 3 aliphatic rings. The monoisotopic (exact) mass is 278 g/mol. The molecule has 20 heavy (non-hydrogen) atoms. The van der Waals surface area contributed by atoms with Gasteiger partial charge in [0.05, 0.1) is 0 Å². The molecule has 0 radical (unpaired) electrons. The van der Waals surface area contributed by atoms with Crippen LogP contribution in [0.4, 0.5) is 0 Å². The summed E-state index contributed by atoms with van der Waals surface area (Å²) in [6, 6.07) is 0.580. The van der Waals surface area contributed by atoms with E-state index >= 15 is 0 Å². The first-order valence-corrected chi connectivity index (χ1v) is 8.71. The molecule has 3 rings (SSSR count). The molecule has 2 saturated carbocycles. The number of piperidine rings is 1. The van der Waals surface area contributed by atoms with Gasteiger partial charge >= 0.3 is 0 Å². The second-order valence-corrected chi connectivity index (χ2v) is 7.50. The largest absolute Gasteiger partial charge is 0.339 e. The van der Waals surface area contributed by atoms with Crippen molar-refractivity contribution in [3.05, 3.63) is 0 Å². The van der Waals surface area contributed by atoms with Crippen LogP contribution in [0.5, 0.6) is 0 Å². The molecule has 0 unspecified atom stereocenters. The summed E-state index contributed by atoms with van der Waals surface area (Å²) in [5, 5.41) is 3.43. The molecule has 0 spiro atoms. The van der Waals surface area contributed by atoms with E-state index in [2.05, 4.69) is 17.1 Å². The van der Waals surface area contributed by atoms with Gasteiger partial charge in [0.15, 0.2) is 0 Å². The van der Waals surface area contributed by atoms with Gasteiger partial charge in [-0.15, -0.1) is 0 Å². The number of hydrogen-bond acceptors (Lipinski definition) is 2. The predicted octanol–water partition coefficient (Wildman–Crippen LogP) is 2.95. The zero-order chi connectivity index (χ0) is 14.0. The maximum atomic E-state index is 13.1. The Labute approximate surface area is 123 Å². The summed E-state index contributed by atoms with van der Waals surface area (Å²) >= 11 is 0. The van der Waals surface area contributed by atoms with E-state index in [9.17, 15) is 4.79 Å². The smallest absolute Gasteiger partial charge is 0.228 e. The molecule has 2 aliphatic carbocycles. The van der Waals surface area contributed by atoms with Crippen molar-refractivity contribution in [1.29, 1.82) is 0 Å². The van der Waals surface area contributed by atoms with Crippen LogP contribution < -0.4 is 5.32 Å². The molecule has 114 valence electrons. The highest BCUT2D eigenvalue weighted by atomic mass is 16.2. The molecule has 1 heterocycles. The van der Waals surface area contributed by atoms with E-state index in [0.29, 0.717) is 11.9 Å². The lowest BCUT2D eigenvalue weighted by atomic mass is 9.74. The van der Waals surface area contributed by atoms with Crippen LogP contribution in [0.3, 0.4) is 0 Å². The first kappa shape index (κ1) is 14.4. The lowest BCUT2D eigenvalue weighted by Gasteiger charge is -2.39. The van der Waals surface area contributed by atoms with E-state index in [1.165, 1.54) is 44.9 Å². The average molecular weight is 278 g/mol. The number of nitrogens with one attached hydrogen (secondary N) is 1. The van der Waals surface area contributed by atoms with Crippen LogP contribution in [0.2, 0.25) is 0 Å². The zero-order valence-corrected chi connectivity index (χ0v) is 13.0. The fraction of sp³-hybridized carbons (Fsp3) is 0.941. The van der Waals surface area contributed by atoms with Gasteiger partial charge in [0, 0.05) is 18.0 Å². The van der Waals surface area contributed by atoms with E-state index < -0.39 is 0 Å². The Kier molecular flexibility index (Phi) is 4.34. The van der Waals surface area contributed by atoms with E-state index in [0.717, 1.165) is 38.4 Å². The first-order chi connectivity index (χ1) is 9.69. The molecule has 3 heteroatoms. The Morgan fingerprint density at radius 1 is 1.10 bits per heavy atom. The molecular formula is C17H30N2O. The normalized spacial score (nSPS) is 27.2. The van der Waals surface area contributed by atoms with Crippen molar-refractivity contribution in [3.63, 3.8) is 0 Å². The van der Waals surface area contributed by atoms with Crippen molar-refractivity contribution in [2.45, 2.75) is 70.8 Å². The van der Waals surface area contributed by atoms with Crippen LogP contribution in [0, 0.1) is 11.3 Å². The molecule has 3 fully saturated rings. The Balaban J connectivity index is 1.64. The minimum Gasteiger partial charge on any atom is -0.339 e. The summed E-state index contributed by atoms with van der Waals surface area (Å²) in [6.45, 7) is 5.52. The van der Waals surface area contributed by atoms with Crippen molar-refractivity contribution < 1.29 is 4.79 Å². The predicted molar refractivity (Wildman–Crippen MR) is 81.5 cm³/mol. The van der Waals surface area contributed by atoms with Crippen molar-refractivity contribution in [2.24, 2.45) is 11.3 Å². The summed E-state index contributed by atoms with van der Waals surface area (Å²) in [5.74, 6) is 1.21. The second kappa shape index (κ2) is 6.05. The number of rotatable bonds is 4. The topological polar surface area (TPSA) is 32.3 Å². The van der Waals surface area contributed by atoms with E-state index in [1.54, 1.807) is 0 Å². The maximum Gasteiger partial charge on any atom is 0.228 e. The van der Waals surface area contributed by atoms with Crippen LogP contribution in [-0.4, -0.2) is 36.5 Å². The summed E-state index contributed by atoms with van der Waals surface area (Å²) in [4.78, 5) is 15.4. The Bertz CT molecular complexity index is 339. The highest BCUT2D eigenvalue weighted by Gasteiger charge is 2.43. The molecule has 0 aromatic carbocycles. The Morgan fingerprint density at radius 3 is 2.35 bits per heavy atom.